The third kappa shape index (κ3) is 3.23. The highest BCUT2D eigenvalue weighted by Crippen LogP contribution is 2.23. The highest BCUT2D eigenvalue weighted by atomic mass is 31.1. The van der Waals surface area contributed by atoms with Gasteiger partial charge in [-0.15, -0.1) is 0 Å². The molecule has 15 heavy (non-hydrogen) atoms. The van der Waals surface area contributed by atoms with Gasteiger partial charge in [-0.25, -0.2) is 0 Å². The Bertz CT molecular complexity index is 252. The maximum Gasteiger partial charge on any atom is 0.316 e. The second-order valence-corrected chi connectivity index (χ2v) is 3.78. The number of hydrogen-bond acceptors (Lipinski definition) is 6. The summed E-state index contributed by atoms with van der Waals surface area (Å²) in [6, 6.07) is 0. The number of aliphatic hydroxyl groups excluding tert-OH is 2. The van der Waals surface area contributed by atoms with Gasteiger partial charge >= 0.3 is 8.25 Å². The van der Waals surface area contributed by atoms with Crippen LogP contribution in [0.3, 0.4) is 0 Å². The van der Waals surface area contributed by atoms with E-state index in [1.165, 1.54) is 0 Å². The van der Waals surface area contributed by atoms with E-state index in [2.05, 4.69) is 9.84 Å². The van der Waals surface area contributed by atoms with Crippen molar-refractivity contribution < 1.29 is 28.9 Å². The SMILES string of the molecule is N=CN[C@@H]1O[C@H](CO[PH](=O)O)C(O)C1O. The first-order valence-corrected chi connectivity index (χ1v) is 5.45. The molecule has 0 aromatic rings. The summed E-state index contributed by atoms with van der Waals surface area (Å²) in [4.78, 5) is 8.41. The molecule has 5 N–H and O–H groups in total. The molecule has 88 valence electrons. The molecule has 0 aromatic carbocycles. The highest BCUT2D eigenvalue weighted by molar-refractivity contribution is 7.32. The van der Waals surface area contributed by atoms with Crippen LogP contribution in [-0.2, 0) is 13.8 Å². The fourth-order valence-electron chi connectivity index (χ4n) is 1.26. The lowest BCUT2D eigenvalue weighted by Gasteiger charge is -2.13. The zero-order valence-corrected chi connectivity index (χ0v) is 8.66. The van der Waals surface area contributed by atoms with Crippen LogP contribution in [0.1, 0.15) is 0 Å². The van der Waals surface area contributed by atoms with Crippen molar-refractivity contribution in [1.29, 1.82) is 5.41 Å². The Morgan fingerprint density at radius 1 is 1.53 bits per heavy atom. The predicted molar refractivity (Wildman–Crippen MR) is 49.8 cm³/mol. The van der Waals surface area contributed by atoms with E-state index in [0.717, 1.165) is 6.34 Å². The second-order valence-electron chi connectivity index (χ2n) is 2.96. The van der Waals surface area contributed by atoms with Crippen LogP contribution >= 0.6 is 8.25 Å². The summed E-state index contributed by atoms with van der Waals surface area (Å²) in [6.45, 7) is -0.289. The molecule has 0 spiro atoms. The molecule has 0 amide bonds. The Kier molecular flexibility index (Phi) is 4.65. The molecule has 9 heteroatoms. The predicted octanol–water partition coefficient (Wildman–Crippen LogP) is -1.97. The topological polar surface area (TPSA) is 132 Å². The number of aliphatic hydroxyl groups is 2. The van der Waals surface area contributed by atoms with Crippen LogP contribution in [0.25, 0.3) is 0 Å². The Hall–Kier alpha value is -0.500. The first-order chi connectivity index (χ1) is 7.06. The molecule has 0 radical (unpaired) electrons. The lowest BCUT2D eigenvalue weighted by Crippen LogP contribution is -2.40. The van der Waals surface area contributed by atoms with E-state index in [9.17, 15) is 14.8 Å². The fourth-order valence-corrected chi connectivity index (χ4v) is 1.57. The highest BCUT2D eigenvalue weighted by Gasteiger charge is 2.42. The Morgan fingerprint density at radius 2 is 2.20 bits per heavy atom. The van der Waals surface area contributed by atoms with Gasteiger partial charge in [0.15, 0.2) is 6.23 Å². The van der Waals surface area contributed by atoms with E-state index in [4.69, 9.17) is 15.0 Å². The van der Waals surface area contributed by atoms with Crippen LogP contribution in [-0.4, -0.2) is 52.6 Å². The van der Waals surface area contributed by atoms with Crippen LogP contribution in [0, 0.1) is 5.41 Å². The molecule has 1 saturated heterocycles. The van der Waals surface area contributed by atoms with Crippen LogP contribution in [0.4, 0.5) is 0 Å². The smallest absolute Gasteiger partial charge is 0.316 e. The van der Waals surface area contributed by atoms with Crippen molar-refractivity contribution in [3.05, 3.63) is 0 Å². The molecular weight excluding hydrogens is 227 g/mol. The molecule has 1 aliphatic heterocycles. The van der Waals surface area contributed by atoms with E-state index in [-0.39, 0.29) is 6.61 Å². The van der Waals surface area contributed by atoms with Gasteiger partial charge in [0.25, 0.3) is 0 Å². The fraction of sp³-hybridized carbons (Fsp3) is 0.833. The summed E-state index contributed by atoms with van der Waals surface area (Å²) in [5.74, 6) is 0. The average molecular weight is 240 g/mol. The van der Waals surface area contributed by atoms with Gasteiger partial charge in [0.1, 0.15) is 18.3 Å². The van der Waals surface area contributed by atoms with Crippen LogP contribution in [0.5, 0.6) is 0 Å². The minimum Gasteiger partial charge on any atom is -0.387 e. The van der Waals surface area contributed by atoms with Gasteiger partial charge in [-0.2, -0.15) is 0 Å². The maximum atomic E-state index is 10.3. The summed E-state index contributed by atoms with van der Waals surface area (Å²) in [7, 11) is -3.08. The van der Waals surface area contributed by atoms with Gasteiger partial charge in [0.2, 0.25) is 0 Å². The number of hydrogen-bond donors (Lipinski definition) is 5. The molecule has 0 bridgehead atoms. The molecule has 8 nitrogen and oxygen atoms in total. The number of ether oxygens (including phenoxy) is 1. The Balaban J connectivity index is 2.47. The van der Waals surface area contributed by atoms with Crippen molar-refractivity contribution in [3.8, 4) is 0 Å². The summed E-state index contributed by atoms with van der Waals surface area (Å²) < 4.78 is 19.7. The second kappa shape index (κ2) is 5.55. The lowest BCUT2D eigenvalue weighted by molar-refractivity contribution is -0.0207. The monoisotopic (exact) mass is 240 g/mol. The summed E-state index contributed by atoms with van der Waals surface area (Å²) in [5, 5.41) is 27.9. The molecular formula is C6H13N2O6P. The number of rotatable bonds is 5. The molecule has 0 saturated carbocycles. The number of nitrogens with one attached hydrogen (secondary N) is 2. The van der Waals surface area contributed by atoms with E-state index in [0.29, 0.717) is 0 Å². The molecule has 5 atom stereocenters. The van der Waals surface area contributed by atoms with Crippen LogP contribution in [0.15, 0.2) is 0 Å². The van der Waals surface area contributed by atoms with Gasteiger partial charge in [0.05, 0.1) is 12.9 Å². The molecule has 1 rings (SSSR count). The van der Waals surface area contributed by atoms with Crippen LogP contribution in [0.2, 0.25) is 0 Å². The van der Waals surface area contributed by atoms with Crippen LogP contribution < -0.4 is 5.32 Å². The first kappa shape index (κ1) is 12.6. The average Bonchev–Trinajstić information content (AvgIpc) is 2.44. The third-order valence-corrected chi connectivity index (χ3v) is 2.39. The van der Waals surface area contributed by atoms with Crippen molar-refractivity contribution in [2.24, 2.45) is 0 Å². The Morgan fingerprint density at radius 3 is 2.73 bits per heavy atom. The third-order valence-electron chi connectivity index (χ3n) is 1.98. The van der Waals surface area contributed by atoms with E-state index in [1.807, 2.05) is 0 Å². The molecule has 0 aromatic heterocycles. The molecule has 3 unspecified atom stereocenters. The zero-order valence-electron chi connectivity index (χ0n) is 7.66. The van der Waals surface area contributed by atoms with Crippen molar-refractivity contribution >= 4 is 14.6 Å². The first-order valence-electron chi connectivity index (χ1n) is 4.18. The van der Waals surface area contributed by atoms with Gasteiger partial charge < -0.3 is 29.7 Å². The minimum absolute atomic E-state index is 0.289. The maximum absolute atomic E-state index is 10.3. The summed E-state index contributed by atoms with van der Waals surface area (Å²) >= 11 is 0. The van der Waals surface area contributed by atoms with Crippen molar-refractivity contribution in [3.63, 3.8) is 0 Å². The Labute approximate surface area is 86.3 Å². The van der Waals surface area contributed by atoms with Gasteiger partial charge in [0, 0.05) is 0 Å². The molecule has 1 heterocycles. The summed E-state index contributed by atoms with van der Waals surface area (Å²) in [5.41, 5.74) is 0. The van der Waals surface area contributed by atoms with Crippen molar-refractivity contribution in [2.75, 3.05) is 6.61 Å². The van der Waals surface area contributed by atoms with Crippen molar-refractivity contribution in [1.82, 2.24) is 5.32 Å². The quantitative estimate of drug-likeness (QED) is 0.214. The molecule has 1 fully saturated rings. The minimum atomic E-state index is -3.08. The van der Waals surface area contributed by atoms with Gasteiger partial charge in [-0.1, -0.05) is 0 Å². The largest absolute Gasteiger partial charge is 0.387 e. The van der Waals surface area contributed by atoms with Gasteiger partial charge in [-0.05, 0) is 0 Å². The molecule has 1 aliphatic rings. The lowest BCUT2D eigenvalue weighted by atomic mass is 10.1. The standard InChI is InChI=1S/C6H13N2O6P/c7-2-8-6-5(10)4(9)3(14-6)1-13-15(11)12/h2-6,9-10,15H,1H2,(H2,7,8)(H,11,12)/t3-,4?,5?,6-/m1/s1. The normalized spacial score (nSPS) is 37.5. The molecule has 0 aliphatic carbocycles. The van der Waals surface area contributed by atoms with E-state index in [1.54, 1.807) is 0 Å². The van der Waals surface area contributed by atoms with Crippen molar-refractivity contribution in [2.45, 2.75) is 24.5 Å². The van der Waals surface area contributed by atoms with E-state index < -0.39 is 32.8 Å². The van der Waals surface area contributed by atoms with E-state index >= 15 is 0 Å². The van der Waals surface area contributed by atoms with Gasteiger partial charge in [-0.3, -0.25) is 9.97 Å². The zero-order chi connectivity index (χ0) is 11.4. The summed E-state index contributed by atoms with van der Waals surface area (Å²) in [6.07, 6.45) is -3.41.